The molecule has 1 atom stereocenters. The summed E-state index contributed by atoms with van der Waals surface area (Å²) < 4.78 is 0. The van der Waals surface area contributed by atoms with Gasteiger partial charge in [-0.25, -0.2) is 4.98 Å². The largest absolute Gasteiger partial charge is 0.394 e. The van der Waals surface area contributed by atoms with Gasteiger partial charge in [0.05, 0.1) is 29.8 Å². The second-order valence-electron chi connectivity index (χ2n) is 4.45. The number of aliphatic hydroxyl groups is 1. The molecule has 0 radical (unpaired) electrons. The van der Waals surface area contributed by atoms with Crippen LogP contribution in [0.1, 0.15) is 30.0 Å². The number of aromatic nitrogens is 1. The van der Waals surface area contributed by atoms with E-state index in [2.05, 4.69) is 4.98 Å². The Morgan fingerprint density at radius 1 is 1.65 bits per heavy atom. The lowest BCUT2D eigenvalue weighted by Gasteiger charge is -2.34. The number of hydrogen-bond acceptors (Lipinski definition) is 4. The van der Waals surface area contributed by atoms with Gasteiger partial charge in [-0.3, -0.25) is 4.79 Å². The van der Waals surface area contributed by atoms with Crippen molar-refractivity contribution in [2.75, 3.05) is 13.2 Å². The second kappa shape index (κ2) is 5.60. The molecule has 1 aliphatic rings. The molecule has 0 bridgehead atoms. The first-order valence-corrected chi connectivity index (χ1v) is 6.90. The highest BCUT2D eigenvalue weighted by atomic mass is 32.1. The van der Waals surface area contributed by atoms with Gasteiger partial charge < -0.3 is 10.0 Å². The number of hydrogen-bond donors (Lipinski definition) is 1. The van der Waals surface area contributed by atoms with Gasteiger partial charge in [0.1, 0.15) is 0 Å². The van der Waals surface area contributed by atoms with E-state index in [1.54, 1.807) is 11.3 Å². The Morgan fingerprint density at radius 2 is 2.47 bits per heavy atom. The van der Waals surface area contributed by atoms with Crippen molar-refractivity contribution in [2.45, 2.75) is 38.6 Å². The number of amides is 1. The van der Waals surface area contributed by atoms with Crippen molar-refractivity contribution in [3.8, 4) is 0 Å². The van der Waals surface area contributed by atoms with Crippen molar-refractivity contribution in [3.05, 3.63) is 16.1 Å². The van der Waals surface area contributed by atoms with Crippen LogP contribution in [0.3, 0.4) is 0 Å². The lowest BCUT2D eigenvalue weighted by Crippen LogP contribution is -2.46. The number of aryl methyl sites for hydroxylation is 1. The highest BCUT2D eigenvalue weighted by Crippen LogP contribution is 2.18. The fourth-order valence-electron chi connectivity index (χ4n) is 2.26. The van der Waals surface area contributed by atoms with Gasteiger partial charge >= 0.3 is 0 Å². The minimum atomic E-state index is 0.0102. The molecule has 1 unspecified atom stereocenters. The molecule has 1 fully saturated rings. The molecule has 0 aromatic carbocycles. The number of carbonyl (C=O) groups excluding carboxylic acids is 1. The van der Waals surface area contributed by atoms with Gasteiger partial charge in [-0.2, -0.15) is 0 Å². The summed E-state index contributed by atoms with van der Waals surface area (Å²) in [6, 6.07) is 0.0102. The normalized spacial score (nSPS) is 20.6. The molecule has 0 spiro atoms. The zero-order valence-electron chi connectivity index (χ0n) is 10.1. The third kappa shape index (κ3) is 3.04. The van der Waals surface area contributed by atoms with E-state index >= 15 is 0 Å². The number of rotatable bonds is 3. The molecular formula is C12H18N2O2S. The Kier molecular flexibility index (Phi) is 4.12. The van der Waals surface area contributed by atoms with Crippen LogP contribution in [0.4, 0.5) is 0 Å². The van der Waals surface area contributed by atoms with E-state index < -0.39 is 0 Å². The van der Waals surface area contributed by atoms with E-state index in [0.717, 1.165) is 36.5 Å². The predicted molar refractivity (Wildman–Crippen MR) is 67.0 cm³/mol. The quantitative estimate of drug-likeness (QED) is 0.886. The molecule has 94 valence electrons. The highest BCUT2D eigenvalue weighted by Gasteiger charge is 2.26. The van der Waals surface area contributed by atoms with E-state index in [9.17, 15) is 9.90 Å². The second-order valence-corrected chi connectivity index (χ2v) is 5.52. The Balaban J connectivity index is 1.98. The molecule has 17 heavy (non-hydrogen) atoms. The van der Waals surface area contributed by atoms with Crippen LogP contribution in [-0.2, 0) is 11.2 Å². The number of aliphatic hydroxyl groups excluding tert-OH is 1. The monoisotopic (exact) mass is 254 g/mol. The smallest absolute Gasteiger partial charge is 0.228 e. The molecule has 2 heterocycles. The minimum absolute atomic E-state index is 0.0102. The minimum Gasteiger partial charge on any atom is -0.394 e. The first-order chi connectivity index (χ1) is 8.20. The van der Waals surface area contributed by atoms with Crippen LogP contribution in [0.2, 0.25) is 0 Å². The summed E-state index contributed by atoms with van der Waals surface area (Å²) in [5.74, 6) is 0.0917. The molecule has 1 aromatic rings. The van der Waals surface area contributed by atoms with E-state index in [1.165, 1.54) is 0 Å². The first kappa shape index (κ1) is 12.5. The Hall–Kier alpha value is -0.940. The van der Waals surface area contributed by atoms with Crippen LogP contribution >= 0.6 is 11.3 Å². The van der Waals surface area contributed by atoms with Gasteiger partial charge in [0.25, 0.3) is 0 Å². The standard InChI is InChI=1S/C12H18N2O2S/c1-9-13-10(8-17-9)6-12(16)14-5-3-2-4-11(14)7-15/h8,11,15H,2-7H2,1H3. The van der Waals surface area contributed by atoms with Crippen LogP contribution in [0.25, 0.3) is 0 Å². The van der Waals surface area contributed by atoms with Crippen LogP contribution in [0.5, 0.6) is 0 Å². The average molecular weight is 254 g/mol. The number of thiazole rings is 1. The van der Waals surface area contributed by atoms with E-state index in [-0.39, 0.29) is 18.6 Å². The Morgan fingerprint density at radius 3 is 3.12 bits per heavy atom. The number of likely N-dealkylation sites (tertiary alicyclic amines) is 1. The summed E-state index contributed by atoms with van der Waals surface area (Å²) in [6.45, 7) is 2.78. The molecule has 1 amide bonds. The summed E-state index contributed by atoms with van der Waals surface area (Å²) in [5.41, 5.74) is 0.847. The summed E-state index contributed by atoms with van der Waals surface area (Å²) in [4.78, 5) is 18.2. The van der Waals surface area contributed by atoms with Gasteiger partial charge in [-0.15, -0.1) is 11.3 Å². The molecule has 1 saturated heterocycles. The van der Waals surface area contributed by atoms with Crippen LogP contribution in [-0.4, -0.2) is 40.1 Å². The molecule has 5 heteroatoms. The summed E-state index contributed by atoms with van der Waals surface area (Å²) in [6.07, 6.45) is 3.42. The molecular weight excluding hydrogens is 236 g/mol. The van der Waals surface area contributed by atoms with Crippen LogP contribution in [0, 0.1) is 6.92 Å². The van der Waals surface area contributed by atoms with E-state index in [0.29, 0.717) is 6.42 Å². The lowest BCUT2D eigenvalue weighted by atomic mass is 10.0. The molecule has 1 N–H and O–H groups in total. The number of nitrogens with zero attached hydrogens (tertiary/aromatic N) is 2. The van der Waals surface area contributed by atoms with Gasteiger partial charge in [-0.05, 0) is 26.2 Å². The third-order valence-corrected chi connectivity index (χ3v) is 3.98. The van der Waals surface area contributed by atoms with Crippen molar-refractivity contribution in [1.82, 2.24) is 9.88 Å². The fourth-order valence-corrected chi connectivity index (χ4v) is 2.88. The maximum atomic E-state index is 12.1. The zero-order valence-corrected chi connectivity index (χ0v) is 10.9. The molecule has 1 aliphatic heterocycles. The Bertz CT molecular complexity index is 392. The molecule has 4 nitrogen and oxygen atoms in total. The fraction of sp³-hybridized carbons (Fsp3) is 0.667. The van der Waals surface area contributed by atoms with Crippen molar-refractivity contribution in [2.24, 2.45) is 0 Å². The lowest BCUT2D eigenvalue weighted by molar-refractivity contribution is -0.135. The van der Waals surface area contributed by atoms with Crippen LogP contribution in [0.15, 0.2) is 5.38 Å². The molecule has 1 aromatic heterocycles. The third-order valence-electron chi connectivity index (χ3n) is 3.16. The maximum absolute atomic E-state index is 12.1. The summed E-state index contributed by atoms with van der Waals surface area (Å²) in [7, 11) is 0. The zero-order chi connectivity index (χ0) is 12.3. The van der Waals surface area contributed by atoms with Gasteiger partial charge in [0.15, 0.2) is 0 Å². The van der Waals surface area contributed by atoms with Crippen molar-refractivity contribution in [3.63, 3.8) is 0 Å². The summed E-state index contributed by atoms with van der Waals surface area (Å²) in [5, 5.41) is 12.2. The highest BCUT2D eigenvalue weighted by molar-refractivity contribution is 7.09. The molecule has 0 aliphatic carbocycles. The van der Waals surface area contributed by atoms with Crippen molar-refractivity contribution in [1.29, 1.82) is 0 Å². The van der Waals surface area contributed by atoms with Gasteiger partial charge in [-0.1, -0.05) is 0 Å². The SMILES string of the molecule is Cc1nc(CC(=O)N2CCCCC2CO)cs1. The van der Waals surface area contributed by atoms with Crippen LogP contribution < -0.4 is 0 Å². The van der Waals surface area contributed by atoms with Gasteiger partial charge in [0.2, 0.25) is 5.91 Å². The average Bonchev–Trinajstić information content (AvgIpc) is 2.74. The topological polar surface area (TPSA) is 53.4 Å². The number of piperidine rings is 1. The van der Waals surface area contributed by atoms with E-state index in [1.807, 2.05) is 17.2 Å². The first-order valence-electron chi connectivity index (χ1n) is 6.02. The maximum Gasteiger partial charge on any atom is 0.228 e. The number of carbonyl (C=O) groups is 1. The van der Waals surface area contributed by atoms with Gasteiger partial charge in [0, 0.05) is 11.9 Å². The van der Waals surface area contributed by atoms with Crippen molar-refractivity contribution < 1.29 is 9.90 Å². The predicted octanol–water partition coefficient (Wildman–Crippen LogP) is 1.37. The Labute approximate surface area is 105 Å². The molecule has 0 saturated carbocycles. The molecule has 2 rings (SSSR count). The van der Waals surface area contributed by atoms with Crippen molar-refractivity contribution >= 4 is 17.2 Å². The summed E-state index contributed by atoms with van der Waals surface area (Å²) >= 11 is 1.57. The van der Waals surface area contributed by atoms with E-state index in [4.69, 9.17) is 0 Å².